The average molecular weight is 385 g/mol. The Morgan fingerprint density at radius 2 is 2.04 bits per heavy atom. The number of carbonyl (C=O) groups is 1. The second-order valence-electron chi connectivity index (χ2n) is 6.78. The Morgan fingerprint density at radius 3 is 2.78 bits per heavy atom. The third-order valence-corrected chi connectivity index (χ3v) is 5.09. The Balaban J connectivity index is 1.55. The van der Waals surface area contributed by atoms with Gasteiger partial charge in [-0.05, 0) is 55.3 Å². The van der Waals surface area contributed by atoms with E-state index in [0.717, 1.165) is 54.5 Å². The van der Waals surface area contributed by atoms with E-state index in [4.69, 9.17) is 16.3 Å². The zero-order chi connectivity index (χ0) is 19.1. The van der Waals surface area contributed by atoms with Gasteiger partial charge in [0.2, 0.25) is 5.91 Å². The second kappa shape index (κ2) is 9.58. The van der Waals surface area contributed by atoms with Gasteiger partial charge in [0.15, 0.2) is 0 Å². The fourth-order valence-corrected chi connectivity index (χ4v) is 3.51. The molecule has 3 rings (SSSR count). The van der Waals surface area contributed by atoms with E-state index >= 15 is 0 Å². The quantitative estimate of drug-likeness (QED) is 0.700. The topological polar surface area (TPSA) is 41.6 Å². The maximum Gasteiger partial charge on any atom is 0.228 e. The summed E-state index contributed by atoms with van der Waals surface area (Å²) in [4.78, 5) is 15.0. The first-order chi connectivity index (χ1) is 13.2. The molecule has 0 spiro atoms. The molecule has 2 aromatic rings. The van der Waals surface area contributed by atoms with Crippen molar-refractivity contribution in [2.75, 3.05) is 25.0 Å². The lowest BCUT2D eigenvalue weighted by Crippen LogP contribution is -2.40. The van der Waals surface area contributed by atoms with Gasteiger partial charge in [-0.2, -0.15) is 0 Å². The van der Waals surface area contributed by atoms with Crippen molar-refractivity contribution in [2.24, 2.45) is 5.92 Å². The van der Waals surface area contributed by atoms with Crippen molar-refractivity contribution in [3.05, 3.63) is 71.8 Å². The Labute approximate surface area is 165 Å². The normalized spacial score (nSPS) is 17.3. The summed E-state index contributed by atoms with van der Waals surface area (Å²) in [7, 11) is 0. The highest BCUT2D eigenvalue weighted by Gasteiger charge is 2.26. The number of ether oxygens (including phenoxy) is 1. The second-order valence-corrected chi connectivity index (χ2v) is 7.19. The van der Waals surface area contributed by atoms with E-state index in [1.165, 1.54) is 0 Å². The lowest BCUT2D eigenvalue weighted by molar-refractivity contribution is -0.121. The Morgan fingerprint density at radius 1 is 1.26 bits per heavy atom. The smallest absolute Gasteiger partial charge is 0.228 e. The largest absolute Gasteiger partial charge is 0.490 e. The summed E-state index contributed by atoms with van der Waals surface area (Å²) >= 11 is 6.27. The number of carbonyl (C=O) groups excluding carboxylic acids is 1. The van der Waals surface area contributed by atoms with Gasteiger partial charge < -0.3 is 10.1 Å². The summed E-state index contributed by atoms with van der Waals surface area (Å²) in [6.45, 7) is 6.61. The number of halogens is 1. The van der Waals surface area contributed by atoms with Crippen LogP contribution in [-0.4, -0.2) is 30.5 Å². The van der Waals surface area contributed by atoms with Crippen LogP contribution in [0.25, 0.3) is 0 Å². The van der Waals surface area contributed by atoms with Gasteiger partial charge >= 0.3 is 0 Å². The number of nitrogens with zero attached hydrogens (tertiary/aromatic N) is 1. The van der Waals surface area contributed by atoms with Crippen molar-refractivity contribution in [1.82, 2.24) is 4.90 Å². The van der Waals surface area contributed by atoms with Crippen LogP contribution in [0.15, 0.2) is 61.2 Å². The summed E-state index contributed by atoms with van der Waals surface area (Å²) in [5.74, 6) is 0.813. The number of amides is 1. The highest BCUT2D eigenvalue weighted by Crippen LogP contribution is 2.23. The maximum absolute atomic E-state index is 12.7. The number of anilines is 1. The van der Waals surface area contributed by atoms with Crippen LogP contribution in [0, 0.1) is 5.92 Å². The number of nitrogens with one attached hydrogen (secondary N) is 1. The molecule has 1 fully saturated rings. The molecule has 0 bridgehead atoms. The van der Waals surface area contributed by atoms with Crippen molar-refractivity contribution >= 4 is 23.2 Å². The molecule has 1 atom stereocenters. The minimum atomic E-state index is -0.0158. The van der Waals surface area contributed by atoms with Gasteiger partial charge in [-0.25, -0.2) is 0 Å². The molecule has 1 amide bonds. The number of rotatable bonds is 7. The molecule has 0 unspecified atom stereocenters. The zero-order valence-electron chi connectivity index (χ0n) is 15.4. The molecule has 27 heavy (non-hydrogen) atoms. The highest BCUT2D eigenvalue weighted by atomic mass is 35.5. The first-order valence-corrected chi connectivity index (χ1v) is 9.64. The van der Waals surface area contributed by atoms with Crippen molar-refractivity contribution < 1.29 is 9.53 Å². The van der Waals surface area contributed by atoms with E-state index in [1.54, 1.807) is 6.08 Å². The Hall–Kier alpha value is -2.30. The summed E-state index contributed by atoms with van der Waals surface area (Å²) in [6, 6.07) is 15.3. The molecular formula is C22H25ClN2O2. The highest BCUT2D eigenvalue weighted by molar-refractivity contribution is 6.31. The van der Waals surface area contributed by atoms with Gasteiger partial charge in [0.05, 0.1) is 5.92 Å². The first-order valence-electron chi connectivity index (χ1n) is 9.26. The van der Waals surface area contributed by atoms with E-state index in [-0.39, 0.29) is 11.8 Å². The number of hydrogen-bond acceptors (Lipinski definition) is 3. The first kappa shape index (κ1) is 19.5. The fourth-order valence-electron chi connectivity index (χ4n) is 3.31. The van der Waals surface area contributed by atoms with Crippen LogP contribution in [0.3, 0.4) is 0 Å². The van der Waals surface area contributed by atoms with Crippen LogP contribution < -0.4 is 10.1 Å². The van der Waals surface area contributed by atoms with Crippen LogP contribution in [0.2, 0.25) is 5.02 Å². The number of hydrogen-bond donors (Lipinski definition) is 1. The SMILES string of the molecule is C=CCOc1ccc(NC(=O)[C@@H]2CCCN(Cc3ccccc3Cl)C2)cc1. The average Bonchev–Trinajstić information content (AvgIpc) is 2.69. The Kier molecular flexibility index (Phi) is 6.91. The lowest BCUT2D eigenvalue weighted by atomic mass is 9.96. The van der Waals surface area contributed by atoms with Gasteiger partial charge in [-0.1, -0.05) is 42.5 Å². The molecule has 1 saturated heterocycles. The summed E-state index contributed by atoms with van der Waals surface area (Å²) in [6.07, 6.45) is 3.62. The van der Waals surface area contributed by atoms with Crippen LogP contribution in [0.5, 0.6) is 5.75 Å². The van der Waals surface area contributed by atoms with E-state index in [1.807, 2.05) is 48.5 Å². The monoisotopic (exact) mass is 384 g/mol. The molecular weight excluding hydrogens is 360 g/mol. The Bertz CT molecular complexity index is 776. The van der Waals surface area contributed by atoms with Crippen LogP contribution >= 0.6 is 11.6 Å². The van der Waals surface area contributed by atoms with Gasteiger partial charge in [-0.15, -0.1) is 0 Å². The van der Waals surface area contributed by atoms with Crippen molar-refractivity contribution in [2.45, 2.75) is 19.4 Å². The molecule has 5 heteroatoms. The van der Waals surface area contributed by atoms with E-state index in [2.05, 4.69) is 16.8 Å². The minimum absolute atomic E-state index is 0.0158. The molecule has 0 aliphatic carbocycles. The summed E-state index contributed by atoms with van der Waals surface area (Å²) in [5, 5.41) is 3.80. The third-order valence-electron chi connectivity index (χ3n) is 4.72. The van der Waals surface area contributed by atoms with Crippen LogP contribution in [0.4, 0.5) is 5.69 Å². The molecule has 1 aliphatic heterocycles. The maximum atomic E-state index is 12.7. The number of likely N-dealkylation sites (tertiary alicyclic amines) is 1. The fraction of sp³-hybridized carbons (Fsp3) is 0.318. The van der Waals surface area contributed by atoms with E-state index < -0.39 is 0 Å². The van der Waals surface area contributed by atoms with E-state index in [9.17, 15) is 4.79 Å². The van der Waals surface area contributed by atoms with Gasteiger partial charge in [-0.3, -0.25) is 9.69 Å². The molecule has 2 aromatic carbocycles. The molecule has 4 nitrogen and oxygen atoms in total. The summed E-state index contributed by atoms with van der Waals surface area (Å²) < 4.78 is 5.46. The van der Waals surface area contributed by atoms with Crippen molar-refractivity contribution in [1.29, 1.82) is 0 Å². The molecule has 0 radical (unpaired) electrons. The van der Waals surface area contributed by atoms with Crippen molar-refractivity contribution in [3.63, 3.8) is 0 Å². The molecule has 0 saturated carbocycles. The van der Waals surface area contributed by atoms with E-state index in [0.29, 0.717) is 6.61 Å². The third kappa shape index (κ3) is 5.59. The van der Waals surface area contributed by atoms with Gasteiger partial charge in [0.1, 0.15) is 12.4 Å². The predicted molar refractivity (Wildman–Crippen MR) is 110 cm³/mol. The van der Waals surface area contributed by atoms with Gasteiger partial charge in [0, 0.05) is 23.8 Å². The summed E-state index contributed by atoms with van der Waals surface area (Å²) in [5.41, 5.74) is 1.89. The molecule has 142 valence electrons. The minimum Gasteiger partial charge on any atom is -0.490 e. The standard InChI is InChI=1S/C22H25ClN2O2/c1-2-14-27-20-11-9-19(10-12-20)24-22(26)18-7-5-13-25(16-18)15-17-6-3-4-8-21(17)23/h2-4,6,8-12,18H,1,5,7,13-16H2,(H,24,26)/t18-/m1/s1. The number of piperidine rings is 1. The molecule has 1 heterocycles. The zero-order valence-corrected chi connectivity index (χ0v) is 16.1. The van der Waals surface area contributed by atoms with Crippen LogP contribution in [-0.2, 0) is 11.3 Å². The number of benzene rings is 2. The van der Waals surface area contributed by atoms with Crippen LogP contribution in [0.1, 0.15) is 18.4 Å². The molecule has 1 aliphatic rings. The molecule has 1 N–H and O–H groups in total. The van der Waals surface area contributed by atoms with Crippen molar-refractivity contribution in [3.8, 4) is 5.75 Å². The predicted octanol–water partition coefficient (Wildman–Crippen LogP) is 4.76. The molecule has 0 aromatic heterocycles. The van der Waals surface area contributed by atoms with Gasteiger partial charge in [0.25, 0.3) is 0 Å². The lowest BCUT2D eigenvalue weighted by Gasteiger charge is -2.32.